The smallest absolute Gasteiger partial charge is 0.231 e. The van der Waals surface area contributed by atoms with Crippen molar-refractivity contribution in [2.45, 2.75) is 135 Å². The largest absolute Gasteiger partial charge is 0.494 e. The summed E-state index contributed by atoms with van der Waals surface area (Å²) in [6, 6.07) is 56.6. The summed E-state index contributed by atoms with van der Waals surface area (Å²) in [6.07, 6.45) is 5.56. The Morgan fingerprint density at radius 1 is 0.302 bits per heavy atom. The Balaban J connectivity index is 0.000000116. The molecule has 5 atom stereocenters. The Bertz CT molecular complexity index is 5700. The number of ether oxygens (including phenoxy) is 15. The second-order valence-electron chi connectivity index (χ2n) is 32.7. The first-order chi connectivity index (χ1) is 61.5. The van der Waals surface area contributed by atoms with Gasteiger partial charge in [0, 0.05) is 183 Å². The lowest BCUT2D eigenvalue weighted by molar-refractivity contribution is -0.119. The Labute approximate surface area is 737 Å². The number of aliphatic imine (C=N–C) groups is 1. The van der Waals surface area contributed by atoms with Crippen molar-refractivity contribution in [2.24, 2.45) is 4.99 Å². The van der Waals surface area contributed by atoms with Gasteiger partial charge in [-0.25, -0.2) is 0 Å². The summed E-state index contributed by atoms with van der Waals surface area (Å²) < 4.78 is 86.8. The van der Waals surface area contributed by atoms with E-state index in [1.54, 1.807) is 0 Å². The van der Waals surface area contributed by atoms with Crippen molar-refractivity contribution in [1.29, 1.82) is 0 Å². The van der Waals surface area contributed by atoms with Crippen LogP contribution < -0.4 is 80.9 Å². The fourth-order valence-electron chi connectivity index (χ4n) is 18.5. The Kier molecular flexibility index (Phi) is 27.2. The Morgan fingerprint density at radius 2 is 0.627 bits per heavy atom. The maximum Gasteiger partial charge on any atom is 0.231 e. The molecule has 126 heavy (non-hydrogen) atoms. The van der Waals surface area contributed by atoms with Crippen molar-refractivity contribution in [1.82, 2.24) is 0 Å². The Morgan fingerprint density at radius 3 is 1.04 bits per heavy atom. The van der Waals surface area contributed by atoms with Crippen molar-refractivity contribution >= 4 is 45.9 Å². The van der Waals surface area contributed by atoms with Gasteiger partial charge in [-0.05, 0) is 159 Å². The fraction of sp³-hybridized carbons (Fsp3) is 0.375. The molecular formula is C104H111N3O19. The number of benzene rings is 10. The third-order valence-electron chi connectivity index (χ3n) is 24.2. The molecule has 22 nitrogen and oxygen atoms in total. The number of hydrogen-bond donors (Lipinski definition) is 0. The highest BCUT2D eigenvalue weighted by Gasteiger charge is 2.39. The summed E-state index contributed by atoms with van der Waals surface area (Å²) in [4.78, 5) is 58.6. The molecule has 0 saturated carbocycles. The van der Waals surface area contributed by atoms with Gasteiger partial charge in [-0.3, -0.25) is 24.2 Å². The van der Waals surface area contributed by atoms with E-state index in [0.717, 1.165) is 183 Å². The van der Waals surface area contributed by atoms with Crippen LogP contribution in [-0.2, 0) is 44.9 Å². The summed E-state index contributed by atoms with van der Waals surface area (Å²) in [5, 5.41) is 0. The second kappa shape index (κ2) is 39.6. The van der Waals surface area contributed by atoms with E-state index < -0.39 is 0 Å². The number of hydrogen-bond acceptors (Lipinski definition) is 22. The van der Waals surface area contributed by atoms with E-state index in [1.165, 1.54) is 16.8 Å². The standard InChI is InChI=1S/2C22H25NO4.C20H21NO3.2C20H20O4/c1-4-25-20-12-15(23(2)3)6-7-17(20)18-13-16(24)11-14-5-8-19-22(21(14)18)27-10-9-26-19;1-4-25-20-11-15(23(2)3)5-6-17(20)19-12-16(24)9-14-10-21-22(13-18(14)19)27-8-7-26-21;1-3-13-9-15(14-7-5-6-8-18(14)22-4-2)16-10-19-20(24-12-23-19)11-17(16)21-13;1-2-22-18-6-4-3-5-15(18)17-11-14(21)9-13-10-19-20(12-16(13)17)24-8-7-23-19;1-2-22-17-6-4-3-5-15(17)16-12-14(21)11-13-7-8-18-20(19(13)16)24-10-9-23-18/h5-8,12,18H,4,9-11,13H2,1-3H3;5-6,10-11,13,19H,4,7-9,12H2,1-3H3;5-8,10-11,15H,3-4,9,12H2,1-2H3;3-6,10,12,17H,2,7-9,11H2,1H3;3-8,16H,2,9-12H2,1H3. The van der Waals surface area contributed by atoms with Crippen LogP contribution in [-0.4, -0.2) is 150 Å². The number of carbonyl (C=O) groups excluding carboxylic acids is 4. The van der Waals surface area contributed by atoms with Gasteiger partial charge in [0.1, 0.15) is 105 Å². The van der Waals surface area contributed by atoms with Crippen LogP contribution in [0, 0.1) is 0 Å². The number of fused-ring (bicyclic) bond motifs is 12. The van der Waals surface area contributed by atoms with Gasteiger partial charge < -0.3 is 80.9 Å². The summed E-state index contributed by atoms with van der Waals surface area (Å²) in [5.74, 6) is 13.0. The predicted molar refractivity (Wildman–Crippen MR) is 484 cm³/mol. The van der Waals surface area contributed by atoms with Crippen LogP contribution in [0.2, 0.25) is 0 Å². The zero-order valence-corrected chi connectivity index (χ0v) is 73.6. The lowest BCUT2D eigenvalue weighted by Crippen LogP contribution is -2.24. The molecule has 10 aliphatic rings. The zero-order chi connectivity index (χ0) is 87.5. The van der Waals surface area contributed by atoms with Gasteiger partial charge in [0.15, 0.2) is 57.5 Å². The molecule has 6 heterocycles. The molecule has 5 unspecified atom stereocenters. The van der Waals surface area contributed by atoms with E-state index in [0.29, 0.717) is 137 Å². The highest BCUT2D eigenvalue weighted by atomic mass is 16.7. The molecule has 0 fully saturated rings. The molecule has 656 valence electrons. The molecule has 0 radical (unpaired) electrons. The lowest BCUT2D eigenvalue weighted by atomic mass is 9.77. The van der Waals surface area contributed by atoms with Gasteiger partial charge in [-0.2, -0.15) is 0 Å². The monoisotopic (exact) mass is 1710 g/mol. The first-order valence-electron chi connectivity index (χ1n) is 44.3. The molecule has 0 aromatic heterocycles. The molecule has 0 saturated heterocycles. The van der Waals surface area contributed by atoms with E-state index in [1.807, 2.05) is 182 Å². The molecule has 0 bridgehead atoms. The second-order valence-corrected chi connectivity index (χ2v) is 32.7. The van der Waals surface area contributed by atoms with Gasteiger partial charge in [-0.15, -0.1) is 0 Å². The van der Waals surface area contributed by atoms with E-state index >= 15 is 0 Å². The molecule has 0 amide bonds. The minimum absolute atomic E-state index is 0.000161. The Hall–Kier alpha value is -12.9. The van der Waals surface area contributed by atoms with E-state index in [-0.39, 0.29) is 59.5 Å². The normalized spacial score (nSPS) is 18.4. The van der Waals surface area contributed by atoms with Crippen molar-refractivity contribution in [2.75, 3.05) is 131 Å². The van der Waals surface area contributed by atoms with Gasteiger partial charge >= 0.3 is 0 Å². The fourth-order valence-corrected chi connectivity index (χ4v) is 18.5. The van der Waals surface area contributed by atoms with Gasteiger partial charge in [0.2, 0.25) is 6.79 Å². The average molecular weight is 1710 g/mol. The number of carbonyl (C=O) groups is 4. The summed E-state index contributed by atoms with van der Waals surface area (Å²) in [7, 11) is 8.03. The number of anilines is 2. The summed E-state index contributed by atoms with van der Waals surface area (Å²) in [5.41, 5.74) is 19.5. The molecule has 4 aliphatic carbocycles. The highest BCUT2D eigenvalue weighted by molar-refractivity contribution is 5.92. The number of ketones is 4. The summed E-state index contributed by atoms with van der Waals surface area (Å²) >= 11 is 0. The number of rotatable bonds is 18. The topological polar surface area (TPSA) is 226 Å². The van der Waals surface area contributed by atoms with Crippen LogP contribution in [0.15, 0.2) is 175 Å². The van der Waals surface area contributed by atoms with Crippen LogP contribution in [0.25, 0.3) is 0 Å². The first-order valence-corrected chi connectivity index (χ1v) is 44.3. The van der Waals surface area contributed by atoms with E-state index in [4.69, 9.17) is 76.0 Å². The SMILES string of the molecule is CCOc1cc(N(C)C)ccc1C1CC(=O)Cc2cc3c(cc21)OCCO3.CCOc1cc(N(C)C)ccc1C1CC(=O)Cc2ccc3c(c21)OCCO3.CCOc1ccccc1C1CC(=O)Cc2cc3c(cc21)OCCO3.CCOc1ccccc1C1CC(=O)Cc2ccc3c(c21)OCCO3.CCOc1ccccc1C1CC(CC)=Nc2cc3c(cc21)OCO3. The van der Waals surface area contributed by atoms with Crippen molar-refractivity contribution < 1.29 is 90.2 Å². The van der Waals surface area contributed by atoms with Crippen LogP contribution in [0.5, 0.6) is 86.2 Å². The summed E-state index contributed by atoms with van der Waals surface area (Å²) in [6.45, 7) is 19.8. The molecular weight excluding hydrogens is 1600 g/mol. The lowest BCUT2D eigenvalue weighted by Gasteiger charge is -2.31. The third-order valence-corrected chi connectivity index (χ3v) is 24.2. The van der Waals surface area contributed by atoms with Gasteiger partial charge in [-0.1, -0.05) is 85.8 Å². The maximum absolute atomic E-state index is 12.5. The number of nitrogens with zero attached hydrogens (tertiary/aromatic N) is 3. The average Bonchev–Trinajstić information content (AvgIpc) is 1.21. The van der Waals surface area contributed by atoms with Crippen molar-refractivity contribution in [3.8, 4) is 86.2 Å². The highest BCUT2D eigenvalue weighted by Crippen LogP contribution is 2.54. The van der Waals surface area contributed by atoms with Crippen LogP contribution >= 0.6 is 0 Å². The number of Topliss-reactive ketones (excluding diaryl/α,β-unsaturated/α-hetero) is 4. The number of para-hydroxylation sites is 3. The van der Waals surface area contributed by atoms with Gasteiger partial charge in [0.25, 0.3) is 0 Å². The minimum Gasteiger partial charge on any atom is -0.494 e. The molecule has 10 aromatic rings. The molecule has 10 aromatic carbocycles. The van der Waals surface area contributed by atoms with E-state index in [9.17, 15) is 19.2 Å². The minimum atomic E-state index is -0.0873. The van der Waals surface area contributed by atoms with Crippen LogP contribution in [0.3, 0.4) is 0 Å². The molecule has 6 aliphatic heterocycles. The molecule has 20 rings (SSSR count). The van der Waals surface area contributed by atoms with Gasteiger partial charge in [0.05, 0.1) is 38.7 Å². The maximum atomic E-state index is 12.5. The van der Waals surface area contributed by atoms with Crippen molar-refractivity contribution in [3.63, 3.8) is 0 Å². The van der Waals surface area contributed by atoms with E-state index in [2.05, 4.69) is 67.6 Å². The molecule has 0 spiro atoms. The molecule has 22 heteroatoms. The zero-order valence-electron chi connectivity index (χ0n) is 73.6. The van der Waals surface area contributed by atoms with Crippen LogP contribution in [0.1, 0.15) is 188 Å². The predicted octanol–water partition coefficient (Wildman–Crippen LogP) is 19.0. The molecule has 0 N–H and O–H groups in total. The van der Waals surface area contributed by atoms with Crippen molar-refractivity contribution in [3.05, 3.63) is 248 Å². The third kappa shape index (κ3) is 18.9. The quantitative estimate of drug-likeness (QED) is 0.0778. The first kappa shape index (κ1) is 86.7. The van der Waals surface area contributed by atoms with Crippen LogP contribution in [0.4, 0.5) is 17.1 Å².